The van der Waals surface area contributed by atoms with E-state index in [0.717, 1.165) is 23.2 Å². The lowest BCUT2D eigenvalue weighted by Crippen LogP contribution is -2.34. The third kappa shape index (κ3) is 5.70. The monoisotopic (exact) mass is 394 g/mol. The van der Waals surface area contributed by atoms with E-state index in [1.54, 1.807) is 0 Å². The smallest absolute Gasteiger partial charge is 0.0946 e. The van der Waals surface area contributed by atoms with E-state index in [1.165, 1.54) is 43.4 Å². The maximum absolute atomic E-state index is 6.03. The molecule has 0 spiro atoms. The minimum Gasteiger partial charge on any atom is -0.335 e. The molecule has 1 aromatic carbocycles. The second kappa shape index (κ2) is 9.38. The van der Waals surface area contributed by atoms with Crippen molar-refractivity contribution in [2.45, 2.75) is 61.3 Å². The molecular weight excluding hydrogens is 368 g/mol. The van der Waals surface area contributed by atoms with Gasteiger partial charge in [-0.15, -0.1) is 23.5 Å². The van der Waals surface area contributed by atoms with Crippen LogP contribution in [0.15, 0.2) is 43.0 Å². The average Bonchev–Trinajstić information content (AvgIpc) is 3.12. The molecule has 5 heteroatoms. The third-order valence-electron chi connectivity index (χ3n) is 4.76. The van der Waals surface area contributed by atoms with Crippen molar-refractivity contribution >= 4 is 35.1 Å². The summed E-state index contributed by atoms with van der Waals surface area (Å²) in [6.07, 6.45) is 13.6. The molecule has 1 saturated heterocycles. The molecule has 0 aliphatic carbocycles. The summed E-state index contributed by atoms with van der Waals surface area (Å²) in [6.45, 7) is 3.33. The van der Waals surface area contributed by atoms with E-state index in [2.05, 4.69) is 58.3 Å². The normalized spacial score (nSPS) is 23.7. The number of thioether (sulfide) groups is 2. The van der Waals surface area contributed by atoms with Crippen molar-refractivity contribution in [3.8, 4) is 0 Å². The summed E-state index contributed by atoms with van der Waals surface area (Å²) in [5.41, 5.74) is 1.38. The first kappa shape index (κ1) is 19.2. The number of aromatic nitrogens is 2. The van der Waals surface area contributed by atoms with E-state index in [4.69, 9.17) is 11.6 Å². The van der Waals surface area contributed by atoms with Crippen LogP contribution in [0.1, 0.15) is 44.6 Å². The van der Waals surface area contributed by atoms with Crippen LogP contribution >= 0.6 is 35.1 Å². The van der Waals surface area contributed by atoms with Crippen LogP contribution in [-0.2, 0) is 13.0 Å². The number of hydrogen-bond acceptors (Lipinski definition) is 3. The molecule has 2 atom stereocenters. The maximum Gasteiger partial charge on any atom is 0.0946 e. The van der Waals surface area contributed by atoms with Crippen molar-refractivity contribution in [1.29, 1.82) is 0 Å². The summed E-state index contributed by atoms with van der Waals surface area (Å²) in [7, 11) is 0. The molecule has 0 radical (unpaired) electrons. The Labute approximate surface area is 165 Å². The molecule has 1 aliphatic heterocycles. The van der Waals surface area contributed by atoms with Crippen LogP contribution in [-0.4, -0.2) is 24.6 Å². The zero-order valence-corrected chi connectivity index (χ0v) is 17.3. The van der Waals surface area contributed by atoms with Crippen molar-refractivity contribution in [3.05, 3.63) is 53.6 Å². The lowest BCUT2D eigenvalue weighted by Gasteiger charge is -2.40. The molecule has 2 heterocycles. The minimum atomic E-state index is 0.247. The Morgan fingerprint density at radius 2 is 2.16 bits per heavy atom. The summed E-state index contributed by atoms with van der Waals surface area (Å²) in [5.74, 6) is 1.27. The van der Waals surface area contributed by atoms with Crippen LogP contribution in [0.5, 0.6) is 0 Å². The van der Waals surface area contributed by atoms with Crippen LogP contribution < -0.4 is 0 Å². The maximum atomic E-state index is 6.03. The Kier molecular flexibility index (Phi) is 7.20. The summed E-state index contributed by atoms with van der Waals surface area (Å²) in [5, 5.41) is 1.62. The highest BCUT2D eigenvalue weighted by Crippen LogP contribution is 2.50. The van der Waals surface area contributed by atoms with Gasteiger partial charge in [-0.25, -0.2) is 4.98 Å². The average molecular weight is 395 g/mol. The van der Waals surface area contributed by atoms with E-state index >= 15 is 0 Å². The largest absolute Gasteiger partial charge is 0.335 e. The molecule has 1 fully saturated rings. The van der Waals surface area contributed by atoms with Crippen molar-refractivity contribution < 1.29 is 0 Å². The molecular formula is C20H27ClN2S2. The first-order valence-electron chi connectivity index (χ1n) is 9.21. The Balaban J connectivity index is 1.70. The number of rotatable bonds is 8. The van der Waals surface area contributed by atoms with E-state index in [1.807, 2.05) is 24.7 Å². The zero-order valence-electron chi connectivity index (χ0n) is 14.9. The van der Waals surface area contributed by atoms with Gasteiger partial charge in [-0.2, -0.15) is 0 Å². The lowest BCUT2D eigenvalue weighted by molar-refractivity contribution is 0.572. The highest BCUT2D eigenvalue weighted by atomic mass is 35.5. The Morgan fingerprint density at radius 1 is 1.32 bits per heavy atom. The molecule has 136 valence electrons. The molecule has 0 amide bonds. The molecule has 2 aromatic rings. The zero-order chi connectivity index (χ0) is 17.5. The van der Waals surface area contributed by atoms with Crippen LogP contribution in [0.2, 0.25) is 5.02 Å². The second-order valence-corrected chi connectivity index (χ2v) is 10.6. The fourth-order valence-corrected chi connectivity index (χ4v) is 7.38. The molecule has 2 unspecified atom stereocenters. The highest BCUT2D eigenvalue weighted by Gasteiger charge is 2.37. The Hall–Kier alpha value is -0.580. The first-order valence-corrected chi connectivity index (χ1v) is 11.5. The van der Waals surface area contributed by atoms with Gasteiger partial charge in [0.15, 0.2) is 0 Å². The molecule has 25 heavy (non-hydrogen) atoms. The molecule has 0 bridgehead atoms. The number of aryl methyl sites for hydroxylation is 1. The molecule has 0 N–H and O–H groups in total. The summed E-state index contributed by atoms with van der Waals surface area (Å²) in [6, 6.07) is 8.34. The predicted octanol–water partition coefficient (Wildman–Crippen LogP) is 6.29. The van der Waals surface area contributed by atoms with Gasteiger partial charge in [0.25, 0.3) is 0 Å². The Bertz CT molecular complexity index is 630. The molecule has 0 saturated carbocycles. The molecule has 1 aromatic heterocycles. The van der Waals surface area contributed by atoms with Gasteiger partial charge in [0.2, 0.25) is 0 Å². The standard InChI is InChI=1S/C20H27ClN2S2/c1-2-3-4-19-10-14-24-20(25-19,15-23-13-12-22-16-23)11-9-17-5-7-18(21)8-6-17/h5-8,12-13,16,19H,2-4,9-11,14-15H2,1H3. The van der Waals surface area contributed by atoms with Crippen LogP contribution in [0.4, 0.5) is 0 Å². The Morgan fingerprint density at radius 3 is 2.88 bits per heavy atom. The molecule has 1 aliphatic rings. The quantitative estimate of drug-likeness (QED) is 0.523. The number of benzene rings is 1. The predicted molar refractivity (Wildman–Crippen MR) is 113 cm³/mol. The fourth-order valence-electron chi connectivity index (χ4n) is 3.35. The third-order valence-corrected chi connectivity index (χ3v) is 8.52. The van der Waals surface area contributed by atoms with Gasteiger partial charge >= 0.3 is 0 Å². The number of unbranched alkanes of at least 4 members (excludes halogenated alkanes) is 1. The van der Waals surface area contributed by atoms with Crippen molar-refractivity contribution in [2.24, 2.45) is 0 Å². The van der Waals surface area contributed by atoms with Crippen LogP contribution in [0.3, 0.4) is 0 Å². The fraction of sp³-hybridized carbons (Fsp3) is 0.550. The van der Waals surface area contributed by atoms with Crippen LogP contribution in [0, 0.1) is 0 Å². The summed E-state index contributed by atoms with van der Waals surface area (Å²) in [4.78, 5) is 4.25. The molecule has 3 rings (SSSR count). The van der Waals surface area contributed by atoms with Gasteiger partial charge in [-0.3, -0.25) is 0 Å². The second-order valence-electron chi connectivity index (χ2n) is 6.79. The van der Waals surface area contributed by atoms with Gasteiger partial charge < -0.3 is 4.57 Å². The van der Waals surface area contributed by atoms with E-state index in [9.17, 15) is 0 Å². The van der Waals surface area contributed by atoms with E-state index < -0.39 is 0 Å². The number of hydrogen-bond donors (Lipinski definition) is 0. The van der Waals surface area contributed by atoms with Crippen molar-refractivity contribution in [1.82, 2.24) is 9.55 Å². The highest BCUT2D eigenvalue weighted by molar-refractivity contribution is 8.19. The lowest BCUT2D eigenvalue weighted by atomic mass is 10.1. The van der Waals surface area contributed by atoms with Crippen molar-refractivity contribution in [3.63, 3.8) is 0 Å². The van der Waals surface area contributed by atoms with Gasteiger partial charge in [0.1, 0.15) is 0 Å². The van der Waals surface area contributed by atoms with E-state index in [0.29, 0.717) is 0 Å². The van der Waals surface area contributed by atoms with Crippen molar-refractivity contribution in [2.75, 3.05) is 5.75 Å². The minimum absolute atomic E-state index is 0.247. The summed E-state index contributed by atoms with van der Waals surface area (Å²) < 4.78 is 2.50. The van der Waals surface area contributed by atoms with E-state index in [-0.39, 0.29) is 4.08 Å². The first-order chi connectivity index (χ1) is 12.2. The molecule has 2 nitrogen and oxygen atoms in total. The number of imidazole rings is 1. The van der Waals surface area contributed by atoms with Crippen LogP contribution in [0.25, 0.3) is 0 Å². The van der Waals surface area contributed by atoms with Gasteiger partial charge in [0.05, 0.1) is 10.4 Å². The topological polar surface area (TPSA) is 17.8 Å². The SMILES string of the molecule is CCCCC1CCSC(CCc2ccc(Cl)cc2)(Cn2ccnc2)S1. The van der Waals surface area contributed by atoms with Gasteiger partial charge in [-0.1, -0.05) is 43.5 Å². The number of nitrogens with zero attached hydrogens (tertiary/aromatic N) is 2. The van der Waals surface area contributed by atoms with Gasteiger partial charge in [-0.05, 0) is 49.1 Å². The summed E-state index contributed by atoms with van der Waals surface area (Å²) >= 11 is 10.4. The van der Waals surface area contributed by atoms with Gasteiger partial charge in [0, 0.05) is 29.2 Å². The number of halogens is 1.